The zero-order valence-electron chi connectivity index (χ0n) is 20.5. The van der Waals surface area contributed by atoms with E-state index in [-0.39, 0.29) is 5.56 Å². The van der Waals surface area contributed by atoms with E-state index >= 15 is 8.78 Å². The van der Waals surface area contributed by atoms with Gasteiger partial charge in [-0.1, -0.05) is 69.0 Å². The lowest BCUT2D eigenvalue weighted by molar-refractivity contribution is 0.113. The summed E-state index contributed by atoms with van der Waals surface area (Å²) in [7, 11) is 0. The van der Waals surface area contributed by atoms with Crippen LogP contribution >= 0.6 is 0 Å². The molecule has 4 atom stereocenters. The predicted molar refractivity (Wildman–Crippen MR) is 135 cm³/mol. The first-order valence-corrected chi connectivity index (χ1v) is 13.3. The molecule has 2 aliphatic rings. The molecule has 0 aromatic heterocycles. The zero-order chi connectivity index (χ0) is 23.2. The van der Waals surface area contributed by atoms with Gasteiger partial charge in [0, 0.05) is 0 Å². The molecule has 2 aliphatic carbocycles. The molecule has 33 heavy (non-hydrogen) atoms. The molecule has 2 aromatic carbocycles. The maximum absolute atomic E-state index is 15.2. The van der Waals surface area contributed by atoms with Crippen molar-refractivity contribution < 1.29 is 8.78 Å². The molecule has 2 heteroatoms. The number of halogens is 2. The van der Waals surface area contributed by atoms with Crippen LogP contribution in [0.5, 0.6) is 0 Å². The SMILES string of the molecule is CC=CCCc1ccc(-c2c(F)cc(C3CCC4CC(CCCC)CCC4C3)cc2F)cc1. The van der Waals surface area contributed by atoms with Crippen molar-refractivity contribution in [3.63, 3.8) is 0 Å². The summed E-state index contributed by atoms with van der Waals surface area (Å²) in [6.07, 6.45) is 17.6. The zero-order valence-corrected chi connectivity index (χ0v) is 20.5. The second-order valence-electron chi connectivity index (χ2n) is 10.5. The number of hydrogen-bond donors (Lipinski definition) is 0. The van der Waals surface area contributed by atoms with E-state index in [1.807, 2.05) is 37.3 Å². The number of hydrogen-bond acceptors (Lipinski definition) is 0. The third kappa shape index (κ3) is 5.94. The molecule has 0 spiro atoms. The van der Waals surface area contributed by atoms with Crippen LogP contribution in [0.25, 0.3) is 11.1 Å². The van der Waals surface area contributed by atoms with Gasteiger partial charge in [-0.3, -0.25) is 0 Å². The van der Waals surface area contributed by atoms with Crippen LogP contribution in [-0.2, 0) is 6.42 Å². The molecule has 0 nitrogen and oxygen atoms in total. The molecular weight excluding hydrogens is 410 g/mol. The molecule has 4 rings (SSSR count). The van der Waals surface area contributed by atoms with Gasteiger partial charge in [0.05, 0.1) is 5.56 Å². The van der Waals surface area contributed by atoms with Crippen molar-refractivity contribution in [3.05, 3.63) is 71.3 Å². The minimum Gasteiger partial charge on any atom is -0.206 e. The number of fused-ring (bicyclic) bond motifs is 1. The molecule has 2 saturated carbocycles. The second kappa shape index (κ2) is 11.4. The van der Waals surface area contributed by atoms with E-state index in [9.17, 15) is 0 Å². The molecule has 0 amide bonds. The summed E-state index contributed by atoms with van der Waals surface area (Å²) >= 11 is 0. The first-order chi connectivity index (χ1) is 16.1. The van der Waals surface area contributed by atoms with Crippen molar-refractivity contribution in [2.24, 2.45) is 17.8 Å². The Morgan fingerprint density at radius 1 is 0.909 bits per heavy atom. The standard InChI is InChI=1S/C31H40F2/c1-3-5-7-9-22-10-13-24(14-11-22)31-29(32)20-28(21-30(31)33)27-17-16-25-18-23(8-6-4-2)12-15-26(25)19-27/h3,5,10-11,13-14,20-21,23,25-27H,4,6-9,12,15-19H2,1-2H3. The average Bonchev–Trinajstić information content (AvgIpc) is 2.83. The van der Waals surface area contributed by atoms with Crippen molar-refractivity contribution in [1.82, 2.24) is 0 Å². The average molecular weight is 451 g/mol. The molecule has 0 N–H and O–H groups in total. The number of unbranched alkanes of at least 4 members (excludes halogenated alkanes) is 1. The maximum Gasteiger partial charge on any atom is 0.134 e. The molecule has 0 radical (unpaired) electrons. The lowest BCUT2D eigenvalue weighted by Crippen LogP contribution is -2.30. The van der Waals surface area contributed by atoms with E-state index in [1.54, 1.807) is 12.1 Å². The van der Waals surface area contributed by atoms with E-state index in [4.69, 9.17) is 0 Å². The molecule has 0 aliphatic heterocycles. The molecule has 0 heterocycles. The van der Waals surface area contributed by atoms with Crippen LogP contribution in [0.15, 0.2) is 48.6 Å². The van der Waals surface area contributed by atoms with Crippen LogP contribution in [0.2, 0.25) is 0 Å². The first kappa shape index (κ1) is 24.2. The van der Waals surface area contributed by atoms with Crippen LogP contribution < -0.4 is 0 Å². The van der Waals surface area contributed by atoms with Gasteiger partial charge in [0.15, 0.2) is 0 Å². The van der Waals surface area contributed by atoms with Gasteiger partial charge in [-0.15, -0.1) is 0 Å². The van der Waals surface area contributed by atoms with Crippen molar-refractivity contribution in [2.45, 2.75) is 90.4 Å². The molecule has 178 valence electrons. The van der Waals surface area contributed by atoms with Crippen molar-refractivity contribution >= 4 is 0 Å². The lowest BCUT2D eigenvalue weighted by atomic mass is 9.63. The van der Waals surface area contributed by atoms with Crippen LogP contribution in [-0.4, -0.2) is 0 Å². The van der Waals surface area contributed by atoms with Gasteiger partial charge in [-0.25, -0.2) is 8.78 Å². The topological polar surface area (TPSA) is 0 Å². The van der Waals surface area contributed by atoms with E-state index in [0.29, 0.717) is 11.5 Å². The smallest absolute Gasteiger partial charge is 0.134 e. The van der Waals surface area contributed by atoms with Gasteiger partial charge in [0.25, 0.3) is 0 Å². The highest BCUT2D eigenvalue weighted by atomic mass is 19.1. The Balaban J connectivity index is 1.43. The fourth-order valence-electron chi connectivity index (χ4n) is 6.40. The van der Waals surface area contributed by atoms with Gasteiger partial charge in [-0.05, 0) is 104 Å². The van der Waals surface area contributed by atoms with Crippen LogP contribution in [0.4, 0.5) is 8.78 Å². The second-order valence-corrected chi connectivity index (χ2v) is 10.5. The summed E-state index contributed by atoms with van der Waals surface area (Å²) in [5.74, 6) is 1.94. The Labute approximate surface area is 199 Å². The molecule has 0 bridgehead atoms. The molecular formula is C31H40F2. The minimum atomic E-state index is -0.419. The highest BCUT2D eigenvalue weighted by Crippen LogP contribution is 2.48. The normalized spacial score (nSPS) is 25.3. The number of allylic oxidation sites excluding steroid dienone is 2. The van der Waals surface area contributed by atoms with Gasteiger partial charge in [0.1, 0.15) is 11.6 Å². The van der Waals surface area contributed by atoms with Crippen molar-refractivity contribution in [2.75, 3.05) is 0 Å². The highest BCUT2D eigenvalue weighted by molar-refractivity contribution is 5.65. The summed E-state index contributed by atoms with van der Waals surface area (Å²) < 4.78 is 30.3. The predicted octanol–water partition coefficient (Wildman–Crippen LogP) is 9.63. The highest BCUT2D eigenvalue weighted by Gasteiger charge is 2.36. The molecule has 2 fully saturated rings. The first-order valence-electron chi connectivity index (χ1n) is 13.3. The Kier molecular flexibility index (Phi) is 8.39. The van der Waals surface area contributed by atoms with Crippen LogP contribution in [0, 0.1) is 29.4 Å². The van der Waals surface area contributed by atoms with E-state index < -0.39 is 11.6 Å². The van der Waals surface area contributed by atoms with Gasteiger partial charge in [-0.2, -0.15) is 0 Å². The Hall–Kier alpha value is -1.96. The van der Waals surface area contributed by atoms with Crippen LogP contribution in [0.3, 0.4) is 0 Å². The van der Waals surface area contributed by atoms with Crippen molar-refractivity contribution in [3.8, 4) is 11.1 Å². The number of rotatable bonds is 8. The van der Waals surface area contributed by atoms with Crippen molar-refractivity contribution in [1.29, 1.82) is 0 Å². The molecule has 2 aromatic rings. The summed E-state index contributed by atoms with van der Waals surface area (Å²) in [4.78, 5) is 0. The third-order valence-electron chi connectivity index (χ3n) is 8.30. The maximum atomic E-state index is 15.2. The fraction of sp³-hybridized carbons (Fsp3) is 0.548. The van der Waals surface area contributed by atoms with Gasteiger partial charge < -0.3 is 0 Å². The Bertz CT molecular complexity index is 903. The third-order valence-corrected chi connectivity index (χ3v) is 8.30. The largest absolute Gasteiger partial charge is 0.206 e. The minimum absolute atomic E-state index is 0.115. The number of benzene rings is 2. The number of aryl methyl sites for hydroxylation is 1. The summed E-state index contributed by atoms with van der Waals surface area (Å²) in [6.45, 7) is 4.30. The summed E-state index contributed by atoms with van der Waals surface area (Å²) in [5, 5.41) is 0. The fourth-order valence-corrected chi connectivity index (χ4v) is 6.40. The van der Waals surface area contributed by atoms with Gasteiger partial charge >= 0.3 is 0 Å². The lowest BCUT2D eigenvalue weighted by Gasteiger charge is -2.42. The van der Waals surface area contributed by atoms with E-state index in [1.165, 1.54) is 50.5 Å². The summed E-state index contributed by atoms with van der Waals surface area (Å²) in [5.41, 5.74) is 2.79. The quantitative estimate of drug-likeness (QED) is 0.351. The monoisotopic (exact) mass is 450 g/mol. The molecule has 0 saturated heterocycles. The van der Waals surface area contributed by atoms with E-state index in [0.717, 1.165) is 49.0 Å². The van der Waals surface area contributed by atoms with Crippen LogP contribution in [0.1, 0.15) is 95.1 Å². The molecule has 4 unspecified atom stereocenters. The van der Waals surface area contributed by atoms with E-state index in [2.05, 4.69) is 13.0 Å². The van der Waals surface area contributed by atoms with Gasteiger partial charge in [0.2, 0.25) is 0 Å². The summed E-state index contributed by atoms with van der Waals surface area (Å²) in [6, 6.07) is 10.9. The Morgan fingerprint density at radius 3 is 2.30 bits per heavy atom. The Morgan fingerprint density at radius 2 is 1.61 bits per heavy atom.